The van der Waals surface area contributed by atoms with Crippen molar-refractivity contribution in [3.63, 3.8) is 0 Å². The molecule has 1 atom stereocenters. The summed E-state index contributed by atoms with van der Waals surface area (Å²) >= 11 is 1.64. The highest BCUT2D eigenvalue weighted by molar-refractivity contribution is 7.10. The molecule has 2 aromatic rings. The quantitative estimate of drug-likeness (QED) is 0.853. The number of carbonyl (C=O) groups is 1. The molecule has 0 aliphatic rings. The minimum Gasteiger partial charge on any atom is -0.493 e. The van der Waals surface area contributed by atoms with Crippen LogP contribution >= 0.6 is 11.3 Å². The number of benzene rings is 1. The normalized spacial score (nSPS) is 11.7. The van der Waals surface area contributed by atoms with Crippen LogP contribution in [0.1, 0.15) is 24.3 Å². The Labute approximate surface area is 128 Å². The zero-order valence-corrected chi connectivity index (χ0v) is 13.0. The van der Waals surface area contributed by atoms with E-state index >= 15 is 0 Å². The second-order valence-electron chi connectivity index (χ2n) is 4.55. The molecule has 0 saturated carbocycles. The Hall–Kier alpha value is -2.01. The van der Waals surface area contributed by atoms with Crippen LogP contribution in [-0.4, -0.2) is 19.6 Å². The first kappa shape index (κ1) is 15.4. The first-order chi connectivity index (χ1) is 10.2. The summed E-state index contributed by atoms with van der Waals surface area (Å²) in [5.41, 5.74) is 0. The van der Waals surface area contributed by atoms with Gasteiger partial charge in [-0.2, -0.15) is 0 Å². The van der Waals surface area contributed by atoms with Gasteiger partial charge in [-0.15, -0.1) is 11.3 Å². The molecule has 0 saturated heterocycles. The van der Waals surface area contributed by atoms with Gasteiger partial charge in [-0.25, -0.2) is 0 Å². The van der Waals surface area contributed by atoms with Crippen molar-refractivity contribution in [1.82, 2.24) is 5.32 Å². The molecule has 4 nitrogen and oxygen atoms in total. The van der Waals surface area contributed by atoms with Crippen LogP contribution in [0.5, 0.6) is 11.5 Å². The van der Waals surface area contributed by atoms with Crippen LogP contribution in [-0.2, 0) is 4.79 Å². The lowest BCUT2D eigenvalue weighted by Gasteiger charge is -2.13. The van der Waals surface area contributed by atoms with Crippen molar-refractivity contribution in [1.29, 1.82) is 0 Å². The zero-order valence-electron chi connectivity index (χ0n) is 12.2. The van der Waals surface area contributed by atoms with E-state index in [0.717, 1.165) is 4.88 Å². The predicted molar refractivity (Wildman–Crippen MR) is 84.0 cm³/mol. The molecule has 1 heterocycles. The molecule has 0 aliphatic heterocycles. The lowest BCUT2D eigenvalue weighted by Crippen LogP contribution is -2.27. The molecule has 1 unspecified atom stereocenters. The van der Waals surface area contributed by atoms with E-state index in [1.165, 1.54) is 0 Å². The number of carbonyl (C=O) groups excluding carboxylic acids is 1. The van der Waals surface area contributed by atoms with E-state index in [4.69, 9.17) is 9.47 Å². The fourth-order valence-corrected chi connectivity index (χ4v) is 2.65. The van der Waals surface area contributed by atoms with Crippen molar-refractivity contribution in [3.8, 4) is 11.5 Å². The largest absolute Gasteiger partial charge is 0.493 e. The standard InChI is InChI=1S/C16H19NO3S/c1-12(15-8-5-11-21-15)17-16(18)9-10-20-14-7-4-3-6-13(14)19-2/h3-8,11-12H,9-10H2,1-2H3,(H,17,18). The number of nitrogens with one attached hydrogen (secondary N) is 1. The van der Waals surface area contributed by atoms with E-state index in [9.17, 15) is 4.79 Å². The molecule has 1 N–H and O–H groups in total. The second-order valence-corrected chi connectivity index (χ2v) is 5.53. The van der Waals surface area contributed by atoms with Gasteiger partial charge in [0, 0.05) is 4.88 Å². The van der Waals surface area contributed by atoms with Gasteiger partial charge < -0.3 is 14.8 Å². The molecule has 0 bridgehead atoms. The Balaban J connectivity index is 1.77. The molecule has 2 rings (SSSR count). The van der Waals surface area contributed by atoms with Gasteiger partial charge in [0.05, 0.1) is 26.2 Å². The van der Waals surface area contributed by atoms with E-state index in [2.05, 4.69) is 5.32 Å². The van der Waals surface area contributed by atoms with Crippen LogP contribution in [0, 0.1) is 0 Å². The minimum atomic E-state index is -0.0224. The molecule has 21 heavy (non-hydrogen) atoms. The highest BCUT2D eigenvalue weighted by Gasteiger charge is 2.10. The summed E-state index contributed by atoms with van der Waals surface area (Å²) in [6.07, 6.45) is 0.313. The number of rotatable bonds is 7. The third-order valence-corrected chi connectivity index (χ3v) is 4.06. The predicted octanol–water partition coefficient (Wildman–Crippen LogP) is 3.40. The van der Waals surface area contributed by atoms with E-state index in [1.807, 2.05) is 48.7 Å². The Bertz CT molecular complexity index is 569. The molecule has 1 amide bonds. The Morgan fingerprint density at radius 2 is 2.00 bits per heavy atom. The number of thiophene rings is 1. The Kier molecular flexibility index (Phi) is 5.63. The van der Waals surface area contributed by atoms with Gasteiger partial charge in [0.15, 0.2) is 11.5 Å². The highest BCUT2D eigenvalue weighted by atomic mass is 32.1. The van der Waals surface area contributed by atoms with Gasteiger partial charge >= 0.3 is 0 Å². The summed E-state index contributed by atoms with van der Waals surface area (Å²) in [5.74, 6) is 1.30. The van der Waals surface area contributed by atoms with Gasteiger partial charge in [-0.3, -0.25) is 4.79 Å². The topological polar surface area (TPSA) is 47.6 Å². The van der Waals surface area contributed by atoms with Crippen molar-refractivity contribution in [2.24, 2.45) is 0 Å². The van der Waals surface area contributed by atoms with Crippen LogP contribution in [0.4, 0.5) is 0 Å². The van der Waals surface area contributed by atoms with Crippen LogP contribution in [0.15, 0.2) is 41.8 Å². The van der Waals surface area contributed by atoms with Crippen LogP contribution in [0.3, 0.4) is 0 Å². The summed E-state index contributed by atoms with van der Waals surface area (Å²) < 4.78 is 10.8. The lowest BCUT2D eigenvalue weighted by molar-refractivity contribution is -0.122. The maximum atomic E-state index is 11.9. The molecule has 1 aromatic carbocycles. The van der Waals surface area contributed by atoms with Gasteiger partial charge in [-0.05, 0) is 30.5 Å². The molecule has 5 heteroatoms. The van der Waals surface area contributed by atoms with Crippen molar-refractivity contribution in [2.45, 2.75) is 19.4 Å². The summed E-state index contributed by atoms with van der Waals surface area (Å²) in [6, 6.07) is 11.4. The van der Waals surface area contributed by atoms with Crippen molar-refractivity contribution < 1.29 is 14.3 Å². The maximum Gasteiger partial charge on any atom is 0.223 e. The summed E-state index contributed by atoms with van der Waals surface area (Å²) in [7, 11) is 1.59. The van der Waals surface area contributed by atoms with E-state index in [0.29, 0.717) is 24.5 Å². The monoisotopic (exact) mass is 305 g/mol. The zero-order chi connectivity index (χ0) is 15.1. The lowest BCUT2D eigenvalue weighted by atomic mass is 10.2. The number of methoxy groups -OCH3 is 1. The Morgan fingerprint density at radius 3 is 2.67 bits per heavy atom. The average molecular weight is 305 g/mol. The third-order valence-electron chi connectivity index (χ3n) is 3.00. The number of amides is 1. The summed E-state index contributed by atoms with van der Waals surface area (Å²) in [6.45, 7) is 2.30. The highest BCUT2D eigenvalue weighted by Crippen LogP contribution is 2.25. The van der Waals surface area contributed by atoms with Crippen molar-refractivity contribution in [2.75, 3.05) is 13.7 Å². The third kappa shape index (κ3) is 4.49. The maximum absolute atomic E-state index is 11.9. The minimum absolute atomic E-state index is 0.0224. The van der Waals surface area contributed by atoms with Gasteiger partial charge in [-0.1, -0.05) is 18.2 Å². The summed E-state index contributed by atoms with van der Waals surface area (Å²) in [4.78, 5) is 13.0. The van der Waals surface area contributed by atoms with Crippen molar-refractivity contribution >= 4 is 17.2 Å². The molecule has 112 valence electrons. The van der Waals surface area contributed by atoms with E-state index < -0.39 is 0 Å². The van der Waals surface area contributed by atoms with Crippen LogP contribution < -0.4 is 14.8 Å². The summed E-state index contributed by atoms with van der Waals surface area (Å²) in [5, 5.41) is 4.96. The smallest absolute Gasteiger partial charge is 0.223 e. The van der Waals surface area contributed by atoms with E-state index in [-0.39, 0.29) is 11.9 Å². The van der Waals surface area contributed by atoms with Gasteiger partial charge in [0.25, 0.3) is 0 Å². The second kappa shape index (κ2) is 7.69. The molecule has 0 fully saturated rings. The molecular formula is C16H19NO3S. The van der Waals surface area contributed by atoms with Gasteiger partial charge in [0.1, 0.15) is 0 Å². The molecule has 0 radical (unpaired) electrons. The number of para-hydroxylation sites is 2. The first-order valence-corrected chi connectivity index (χ1v) is 7.67. The van der Waals surface area contributed by atoms with Crippen molar-refractivity contribution in [3.05, 3.63) is 46.7 Å². The molecule has 0 aliphatic carbocycles. The van der Waals surface area contributed by atoms with E-state index in [1.54, 1.807) is 18.4 Å². The molecular weight excluding hydrogens is 286 g/mol. The molecule has 1 aromatic heterocycles. The number of hydrogen-bond donors (Lipinski definition) is 1. The van der Waals surface area contributed by atoms with Gasteiger partial charge in [0.2, 0.25) is 5.91 Å². The van der Waals surface area contributed by atoms with Crippen LogP contribution in [0.25, 0.3) is 0 Å². The SMILES string of the molecule is COc1ccccc1OCCC(=O)NC(C)c1cccs1. The number of ether oxygens (including phenoxy) is 2. The first-order valence-electron chi connectivity index (χ1n) is 6.79. The Morgan fingerprint density at radius 1 is 1.24 bits per heavy atom. The number of hydrogen-bond acceptors (Lipinski definition) is 4. The average Bonchev–Trinajstić information content (AvgIpc) is 3.02. The fraction of sp³-hybridized carbons (Fsp3) is 0.312. The fourth-order valence-electron chi connectivity index (χ4n) is 1.91. The van der Waals surface area contributed by atoms with Crippen LogP contribution in [0.2, 0.25) is 0 Å². The molecule has 0 spiro atoms.